The molecule has 0 saturated carbocycles. The average molecular weight is 222 g/mol. The molecule has 4 heteroatoms. The van der Waals surface area contributed by atoms with Crippen molar-refractivity contribution in [1.82, 2.24) is 9.97 Å². The first-order valence-electron chi connectivity index (χ1n) is 5.81. The third-order valence-electron chi connectivity index (χ3n) is 2.62. The standard InChI is InChI=1S/C12H22N4/c1-6-10(9(2)3)14-11-7-8-13-12(15-11)16(4)5/h7-10H,6H2,1-5H3,(H,13,14,15). The van der Waals surface area contributed by atoms with Crippen LogP contribution in [0, 0.1) is 5.92 Å². The minimum Gasteiger partial charge on any atom is -0.367 e. The van der Waals surface area contributed by atoms with Gasteiger partial charge in [-0.05, 0) is 18.4 Å². The molecular formula is C12H22N4. The first kappa shape index (κ1) is 12.7. The lowest BCUT2D eigenvalue weighted by Crippen LogP contribution is -2.25. The van der Waals surface area contributed by atoms with Gasteiger partial charge in [-0.3, -0.25) is 0 Å². The van der Waals surface area contributed by atoms with Gasteiger partial charge in [0, 0.05) is 26.3 Å². The molecule has 0 aliphatic carbocycles. The third-order valence-corrected chi connectivity index (χ3v) is 2.62. The molecule has 0 fully saturated rings. The SMILES string of the molecule is CCC(Nc1ccnc(N(C)C)n1)C(C)C. The highest BCUT2D eigenvalue weighted by Crippen LogP contribution is 2.14. The van der Waals surface area contributed by atoms with Crippen LogP contribution in [0.5, 0.6) is 0 Å². The molecule has 0 aromatic carbocycles. The summed E-state index contributed by atoms with van der Waals surface area (Å²) in [6.45, 7) is 6.62. The normalized spacial score (nSPS) is 12.6. The number of aromatic nitrogens is 2. The highest BCUT2D eigenvalue weighted by molar-refractivity contribution is 5.41. The Hall–Kier alpha value is -1.32. The molecule has 1 aromatic heterocycles. The monoisotopic (exact) mass is 222 g/mol. The zero-order valence-electron chi connectivity index (χ0n) is 10.9. The van der Waals surface area contributed by atoms with Crippen molar-refractivity contribution in [2.45, 2.75) is 33.2 Å². The number of hydrogen-bond donors (Lipinski definition) is 1. The fourth-order valence-electron chi connectivity index (χ4n) is 1.57. The lowest BCUT2D eigenvalue weighted by Gasteiger charge is -2.21. The summed E-state index contributed by atoms with van der Waals surface area (Å²) in [4.78, 5) is 10.5. The zero-order chi connectivity index (χ0) is 12.1. The van der Waals surface area contributed by atoms with Gasteiger partial charge in [-0.2, -0.15) is 4.98 Å². The number of anilines is 2. The Morgan fingerprint density at radius 2 is 2.06 bits per heavy atom. The molecule has 1 unspecified atom stereocenters. The van der Waals surface area contributed by atoms with E-state index in [0.29, 0.717) is 12.0 Å². The molecule has 1 heterocycles. The number of hydrogen-bond acceptors (Lipinski definition) is 4. The van der Waals surface area contributed by atoms with Crippen LogP contribution in [0.1, 0.15) is 27.2 Å². The van der Waals surface area contributed by atoms with Crippen molar-refractivity contribution in [2.75, 3.05) is 24.3 Å². The minimum atomic E-state index is 0.463. The van der Waals surface area contributed by atoms with E-state index in [1.807, 2.05) is 25.1 Å². The number of nitrogens with zero attached hydrogens (tertiary/aromatic N) is 3. The molecule has 4 nitrogen and oxygen atoms in total. The van der Waals surface area contributed by atoms with E-state index in [-0.39, 0.29) is 0 Å². The molecule has 0 amide bonds. The summed E-state index contributed by atoms with van der Waals surface area (Å²) in [5, 5.41) is 3.45. The maximum atomic E-state index is 4.45. The fraction of sp³-hybridized carbons (Fsp3) is 0.667. The second-order valence-corrected chi connectivity index (χ2v) is 4.54. The summed E-state index contributed by atoms with van der Waals surface area (Å²) in [7, 11) is 3.89. The second kappa shape index (κ2) is 5.68. The molecule has 1 rings (SSSR count). The van der Waals surface area contributed by atoms with Crippen LogP contribution in [0.25, 0.3) is 0 Å². The van der Waals surface area contributed by atoms with Crippen LogP contribution in [0.3, 0.4) is 0 Å². The maximum Gasteiger partial charge on any atom is 0.226 e. The first-order chi connectivity index (χ1) is 7.54. The van der Waals surface area contributed by atoms with Gasteiger partial charge in [0.2, 0.25) is 5.95 Å². The van der Waals surface area contributed by atoms with Crippen LogP contribution in [0.15, 0.2) is 12.3 Å². The molecule has 0 radical (unpaired) electrons. The topological polar surface area (TPSA) is 41.1 Å². The largest absolute Gasteiger partial charge is 0.367 e. The van der Waals surface area contributed by atoms with Crippen molar-refractivity contribution >= 4 is 11.8 Å². The maximum absolute atomic E-state index is 4.45. The summed E-state index contributed by atoms with van der Waals surface area (Å²) in [6.07, 6.45) is 2.89. The molecule has 0 bridgehead atoms. The Morgan fingerprint density at radius 1 is 1.38 bits per heavy atom. The number of nitrogens with one attached hydrogen (secondary N) is 1. The van der Waals surface area contributed by atoms with Crippen molar-refractivity contribution in [2.24, 2.45) is 5.92 Å². The molecule has 1 atom stereocenters. The van der Waals surface area contributed by atoms with Crippen molar-refractivity contribution in [3.63, 3.8) is 0 Å². The highest BCUT2D eigenvalue weighted by atomic mass is 15.2. The lowest BCUT2D eigenvalue weighted by atomic mass is 10.0. The summed E-state index contributed by atoms with van der Waals surface area (Å²) in [5.41, 5.74) is 0. The van der Waals surface area contributed by atoms with Gasteiger partial charge < -0.3 is 10.2 Å². The molecular weight excluding hydrogens is 200 g/mol. The highest BCUT2D eigenvalue weighted by Gasteiger charge is 2.11. The van der Waals surface area contributed by atoms with E-state index in [9.17, 15) is 0 Å². The van der Waals surface area contributed by atoms with Crippen LogP contribution in [-0.4, -0.2) is 30.1 Å². The Labute approximate surface area is 98.1 Å². The average Bonchev–Trinajstić information content (AvgIpc) is 2.25. The van der Waals surface area contributed by atoms with Crippen molar-refractivity contribution < 1.29 is 0 Å². The molecule has 16 heavy (non-hydrogen) atoms. The summed E-state index contributed by atoms with van der Waals surface area (Å²) < 4.78 is 0. The van der Waals surface area contributed by atoms with Crippen molar-refractivity contribution in [3.05, 3.63) is 12.3 Å². The van der Waals surface area contributed by atoms with Crippen LogP contribution in [0.4, 0.5) is 11.8 Å². The predicted molar refractivity (Wildman–Crippen MR) is 68.9 cm³/mol. The Morgan fingerprint density at radius 3 is 2.56 bits per heavy atom. The van der Waals surface area contributed by atoms with Crippen LogP contribution in [-0.2, 0) is 0 Å². The lowest BCUT2D eigenvalue weighted by molar-refractivity contribution is 0.509. The summed E-state index contributed by atoms with van der Waals surface area (Å²) in [6, 6.07) is 2.38. The van der Waals surface area contributed by atoms with E-state index >= 15 is 0 Å². The molecule has 90 valence electrons. The van der Waals surface area contributed by atoms with E-state index < -0.39 is 0 Å². The van der Waals surface area contributed by atoms with Gasteiger partial charge >= 0.3 is 0 Å². The van der Waals surface area contributed by atoms with Crippen LogP contribution < -0.4 is 10.2 Å². The van der Waals surface area contributed by atoms with Gasteiger partial charge in [0.1, 0.15) is 5.82 Å². The Bertz CT molecular complexity index is 323. The van der Waals surface area contributed by atoms with E-state index in [0.717, 1.165) is 18.2 Å². The van der Waals surface area contributed by atoms with Gasteiger partial charge in [-0.1, -0.05) is 20.8 Å². The summed E-state index contributed by atoms with van der Waals surface area (Å²) in [5.74, 6) is 2.24. The van der Waals surface area contributed by atoms with Crippen molar-refractivity contribution in [3.8, 4) is 0 Å². The molecule has 0 aliphatic rings. The smallest absolute Gasteiger partial charge is 0.226 e. The zero-order valence-corrected chi connectivity index (χ0v) is 10.9. The number of rotatable bonds is 5. The van der Waals surface area contributed by atoms with E-state index in [1.165, 1.54) is 0 Å². The van der Waals surface area contributed by atoms with Gasteiger partial charge in [-0.15, -0.1) is 0 Å². The van der Waals surface area contributed by atoms with Gasteiger partial charge in [-0.25, -0.2) is 4.98 Å². The molecule has 0 saturated heterocycles. The van der Waals surface area contributed by atoms with Gasteiger partial charge in [0.25, 0.3) is 0 Å². The quantitative estimate of drug-likeness (QED) is 0.830. The molecule has 1 N–H and O–H groups in total. The molecule has 0 aliphatic heterocycles. The minimum absolute atomic E-state index is 0.463. The third kappa shape index (κ3) is 3.36. The van der Waals surface area contributed by atoms with E-state index in [4.69, 9.17) is 0 Å². The van der Waals surface area contributed by atoms with E-state index in [1.54, 1.807) is 6.20 Å². The fourth-order valence-corrected chi connectivity index (χ4v) is 1.57. The van der Waals surface area contributed by atoms with Gasteiger partial charge in [0.05, 0.1) is 0 Å². The first-order valence-corrected chi connectivity index (χ1v) is 5.81. The molecule has 0 spiro atoms. The van der Waals surface area contributed by atoms with Gasteiger partial charge in [0.15, 0.2) is 0 Å². The predicted octanol–water partition coefficient (Wildman–Crippen LogP) is 2.39. The summed E-state index contributed by atoms with van der Waals surface area (Å²) >= 11 is 0. The van der Waals surface area contributed by atoms with E-state index in [2.05, 4.69) is 36.1 Å². The van der Waals surface area contributed by atoms with Crippen LogP contribution >= 0.6 is 0 Å². The Balaban J connectivity index is 2.76. The van der Waals surface area contributed by atoms with Crippen LogP contribution in [0.2, 0.25) is 0 Å². The molecule has 1 aromatic rings. The van der Waals surface area contributed by atoms with Crippen molar-refractivity contribution in [1.29, 1.82) is 0 Å². The second-order valence-electron chi connectivity index (χ2n) is 4.54. The Kier molecular flexibility index (Phi) is 4.52.